The first-order valence-electron chi connectivity index (χ1n) is 8.86. The molecule has 0 spiro atoms. The molecule has 0 bridgehead atoms. The maximum atomic E-state index is 12.4. The molecule has 1 aromatic heterocycles. The molecule has 1 saturated heterocycles. The number of nitrogens with one attached hydrogen (secondary N) is 1. The third kappa shape index (κ3) is 3.65. The number of amides is 1. The Morgan fingerprint density at radius 2 is 1.85 bits per heavy atom. The van der Waals surface area contributed by atoms with Gasteiger partial charge in [-0.05, 0) is 48.7 Å². The summed E-state index contributed by atoms with van der Waals surface area (Å²) < 4.78 is 0. The van der Waals surface area contributed by atoms with Crippen LogP contribution in [0.4, 0.5) is 0 Å². The minimum atomic E-state index is 0.0583. The second kappa shape index (κ2) is 7.34. The van der Waals surface area contributed by atoms with Gasteiger partial charge in [0.15, 0.2) is 0 Å². The first kappa shape index (κ1) is 16.9. The molecule has 2 aromatic carbocycles. The highest BCUT2D eigenvalue weighted by Crippen LogP contribution is 2.27. The van der Waals surface area contributed by atoms with Gasteiger partial charge in [-0.3, -0.25) is 4.79 Å². The lowest BCUT2D eigenvalue weighted by Gasteiger charge is -2.30. The number of rotatable bonds is 3. The van der Waals surface area contributed by atoms with Crippen LogP contribution >= 0.6 is 11.6 Å². The van der Waals surface area contributed by atoms with E-state index in [9.17, 15) is 4.79 Å². The zero-order chi connectivity index (χ0) is 17.9. The number of piperidine rings is 1. The Kier molecular flexibility index (Phi) is 4.76. The van der Waals surface area contributed by atoms with Crippen LogP contribution in [0.3, 0.4) is 0 Å². The molecule has 1 fully saturated rings. The van der Waals surface area contributed by atoms with Crippen molar-refractivity contribution in [2.45, 2.75) is 18.8 Å². The number of imidazole rings is 1. The molecule has 2 heterocycles. The van der Waals surface area contributed by atoms with Crippen molar-refractivity contribution >= 4 is 34.6 Å². The molecule has 0 saturated carbocycles. The van der Waals surface area contributed by atoms with Gasteiger partial charge in [0.2, 0.25) is 5.91 Å². The van der Waals surface area contributed by atoms with Crippen molar-refractivity contribution in [2.24, 2.45) is 0 Å². The van der Waals surface area contributed by atoms with Gasteiger partial charge < -0.3 is 9.88 Å². The van der Waals surface area contributed by atoms with E-state index in [0.29, 0.717) is 10.9 Å². The molecule has 0 radical (unpaired) electrons. The number of aromatic nitrogens is 2. The summed E-state index contributed by atoms with van der Waals surface area (Å²) in [6.07, 6.45) is 5.34. The predicted molar refractivity (Wildman–Crippen MR) is 105 cm³/mol. The maximum Gasteiger partial charge on any atom is 0.246 e. The molecule has 1 amide bonds. The number of halogens is 1. The van der Waals surface area contributed by atoms with Gasteiger partial charge >= 0.3 is 0 Å². The van der Waals surface area contributed by atoms with Crippen molar-refractivity contribution in [3.8, 4) is 0 Å². The average molecular weight is 366 g/mol. The number of nitrogens with zero attached hydrogens (tertiary/aromatic N) is 2. The van der Waals surface area contributed by atoms with Crippen molar-refractivity contribution in [3.05, 3.63) is 71.0 Å². The molecule has 0 aliphatic carbocycles. The van der Waals surface area contributed by atoms with Crippen LogP contribution in [0.25, 0.3) is 17.1 Å². The SMILES string of the molecule is O=C(C=Cc1ccc(Cl)cc1)N1CCC(c2nc3ccccc3[nH]2)CC1. The molecule has 1 aliphatic heterocycles. The monoisotopic (exact) mass is 365 g/mol. The minimum Gasteiger partial charge on any atom is -0.342 e. The van der Waals surface area contributed by atoms with Gasteiger partial charge in [0.25, 0.3) is 0 Å². The highest BCUT2D eigenvalue weighted by Gasteiger charge is 2.24. The van der Waals surface area contributed by atoms with Gasteiger partial charge in [0.1, 0.15) is 5.82 Å². The summed E-state index contributed by atoms with van der Waals surface area (Å²) in [5.41, 5.74) is 3.05. The molecule has 0 atom stereocenters. The van der Waals surface area contributed by atoms with E-state index in [1.165, 1.54) is 0 Å². The lowest BCUT2D eigenvalue weighted by molar-refractivity contribution is -0.127. The molecule has 26 heavy (non-hydrogen) atoms. The smallest absolute Gasteiger partial charge is 0.246 e. The normalized spacial score (nSPS) is 15.8. The molecule has 132 valence electrons. The highest BCUT2D eigenvalue weighted by atomic mass is 35.5. The second-order valence-corrected chi connectivity index (χ2v) is 7.06. The van der Waals surface area contributed by atoms with Crippen molar-refractivity contribution in [1.29, 1.82) is 0 Å². The molecule has 0 unspecified atom stereocenters. The van der Waals surface area contributed by atoms with E-state index in [1.807, 2.05) is 59.5 Å². The Bertz CT molecular complexity index is 904. The number of hydrogen-bond donors (Lipinski definition) is 1. The number of carbonyl (C=O) groups is 1. The van der Waals surface area contributed by atoms with Crippen molar-refractivity contribution in [3.63, 3.8) is 0 Å². The molecular weight excluding hydrogens is 346 g/mol. The van der Waals surface area contributed by atoms with Crippen molar-refractivity contribution in [1.82, 2.24) is 14.9 Å². The van der Waals surface area contributed by atoms with Gasteiger partial charge in [0, 0.05) is 30.1 Å². The number of aromatic amines is 1. The Hall–Kier alpha value is -2.59. The molecule has 4 nitrogen and oxygen atoms in total. The van der Waals surface area contributed by atoms with Crippen LogP contribution in [0.5, 0.6) is 0 Å². The van der Waals surface area contributed by atoms with E-state index in [0.717, 1.165) is 48.4 Å². The van der Waals surface area contributed by atoms with Crippen LogP contribution in [-0.2, 0) is 4.79 Å². The summed E-state index contributed by atoms with van der Waals surface area (Å²) in [6, 6.07) is 15.5. The third-order valence-corrected chi connectivity index (χ3v) is 5.14. The summed E-state index contributed by atoms with van der Waals surface area (Å²) in [5, 5.41) is 0.695. The number of likely N-dealkylation sites (tertiary alicyclic amines) is 1. The summed E-state index contributed by atoms with van der Waals surface area (Å²) in [6.45, 7) is 1.51. The van der Waals surface area contributed by atoms with Crippen molar-refractivity contribution < 1.29 is 4.79 Å². The van der Waals surface area contributed by atoms with Gasteiger partial charge in [-0.15, -0.1) is 0 Å². The summed E-state index contributed by atoms with van der Waals surface area (Å²) >= 11 is 5.88. The van der Waals surface area contributed by atoms with Gasteiger partial charge in [-0.2, -0.15) is 0 Å². The van der Waals surface area contributed by atoms with Crippen LogP contribution in [0.2, 0.25) is 5.02 Å². The standard InChI is InChI=1S/C21H20ClN3O/c22-17-8-5-15(6-9-17)7-10-20(26)25-13-11-16(12-14-25)21-23-18-3-1-2-4-19(18)24-21/h1-10,16H,11-14H2,(H,23,24). The molecular formula is C21H20ClN3O. The first-order chi connectivity index (χ1) is 12.7. The van der Waals surface area contributed by atoms with Crippen LogP contribution < -0.4 is 0 Å². The van der Waals surface area contributed by atoms with E-state index < -0.39 is 0 Å². The molecule has 5 heteroatoms. The Morgan fingerprint density at radius 3 is 2.58 bits per heavy atom. The number of benzene rings is 2. The van der Waals surface area contributed by atoms with Gasteiger partial charge in [0.05, 0.1) is 11.0 Å². The maximum absolute atomic E-state index is 12.4. The molecule has 1 aliphatic rings. The minimum absolute atomic E-state index is 0.0583. The number of carbonyl (C=O) groups excluding carboxylic acids is 1. The fourth-order valence-corrected chi connectivity index (χ4v) is 3.51. The van der Waals surface area contributed by atoms with E-state index in [-0.39, 0.29) is 5.91 Å². The van der Waals surface area contributed by atoms with E-state index in [4.69, 9.17) is 16.6 Å². The van der Waals surface area contributed by atoms with Crippen LogP contribution in [-0.4, -0.2) is 33.9 Å². The average Bonchev–Trinajstić information content (AvgIpc) is 3.12. The second-order valence-electron chi connectivity index (χ2n) is 6.62. The molecule has 3 aromatic rings. The summed E-state index contributed by atoms with van der Waals surface area (Å²) in [5.74, 6) is 1.48. The van der Waals surface area contributed by atoms with E-state index in [2.05, 4.69) is 4.98 Å². The summed E-state index contributed by atoms with van der Waals surface area (Å²) in [7, 11) is 0. The third-order valence-electron chi connectivity index (χ3n) is 4.89. The number of H-pyrrole nitrogens is 1. The largest absolute Gasteiger partial charge is 0.342 e. The van der Waals surface area contributed by atoms with Crippen LogP contribution in [0.1, 0.15) is 30.1 Å². The van der Waals surface area contributed by atoms with Crippen molar-refractivity contribution in [2.75, 3.05) is 13.1 Å². The quantitative estimate of drug-likeness (QED) is 0.687. The topological polar surface area (TPSA) is 49.0 Å². The number of fused-ring (bicyclic) bond motifs is 1. The molecule has 1 N–H and O–H groups in total. The molecule has 4 rings (SSSR count). The fraction of sp³-hybridized carbons (Fsp3) is 0.238. The zero-order valence-corrected chi connectivity index (χ0v) is 15.1. The summed E-state index contributed by atoms with van der Waals surface area (Å²) in [4.78, 5) is 22.4. The highest BCUT2D eigenvalue weighted by molar-refractivity contribution is 6.30. The Morgan fingerprint density at radius 1 is 1.12 bits per heavy atom. The lowest BCUT2D eigenvalue weighted by atomic mass is 9.96. The zero-order valence-electron chi connectivity index (χ0n) is 14.4. The Labute approximate surface area is 157 Å². The number of para-hydroxylation sites is 2. The Balaban J connectivity index is 1.36. The number of hydrogen-bond acceptors (Lipinski definition) is 2. The van der Waals surface area contributed by atoms with Gasteiger partial charge in [-0.1, -0.05) is 35.9 Å². The predicted octanol–water partition coefficient (Wildman–Crippen LogP) is 4.64. The van der Waals surface area contributed by atoms with Gasteiger partial charge in [-0.25, -0.2) is 4.98 Å². The first-order valence-corrected chi connectivity index (χ1v) is 9.24. The van der Waals surface area contributed by atoms with Crippen LogP contribution in [0.15, 0.2) is 54.6 Å². The van der Waals surface area contributed by atoms with E-state index in [1.54, 1.807) is 6.08 Å². The lowest BCUT2D eigenvalue weighted by Crippen LogP contribution is -2.37. The van der Waals surface area contributed by atoms with E-state index >= 15 is 0 Å². The van der Waals surface area contributed by atoms with Crippen LogP contribution in [0, 0.1) is 0 Å². The fourth-order valence-electron chi connectivity index (χ4n) is 3.39.